The van der Waals surface area contributed by atoms with Crippen molar-refractivity contribution in [3.8, 4) is 11.5 Å². The van der Waals surface area contributed by atoms with Crippen LogP contribution in [0.4, 0.5) is 4.79 Å². The van der Waals surface area contributed by atoms with Gasteiger partial charge in [-0.3, -0.25) is 14.5 Å². The second-order valence-electron chi connectivity index (χ2n) is 7.52. The fraction of sp³-hybridized carbons (Fsp3) is 0.231. The average Bonchev–Trinajstić information content (AvgIpc) is 3.07. The van der Waals surface area contributed by atoms with Crippen molar-refractivity contribution in [3.05, 3.63) is 76.7 Å². The van der Waals surface area contributed by atoms with E-state index in [0.29, 0.717) is 23.0 Å². The molecule has 0 aromatic heterocycles. The van der Waals surface area contributed by atoms with Crippen molar-refractivity contribution in [2.45, 2.75) is 26.3 Å². The van der Waals surface area contributed by atoms with Gasteiger partial charge in [-0.05, 0) is 58.3 Å². The van der Waals surface area contributed by atoms with Gasteiger partial charge in [-0.1, -0.05) is 61.9 Å². The molecule has 0 aliphatic carbocycles. The van der Waals surface area contributed by atoms with E-state index < -0.39 is 0 Å². The predicted octanol–water partition coefficient (Wildman–Crippen LogP) is 6.26. The monoisotopic (exact) mass is 447 g/mol. The number of thioether (sulfide) groups is 1. The number of carbonyl (C=O) groups is 2. The van der Waals surface area contributed by atoms with Gasteiger partial charge < -0.3 is 9.47 Å². The summed E-state index contributed by atoms with van der Waals surface area (Å²) in [4.78, 5) is 27.4. The molecule has 0 atom stereocenters. The van der Waals surface area contributed by atoms with E-state index in [1.54, 1.807) is 13.2 Å². The summed E-state index contributed by atoms with van der Waals surface area (Å²) >= 11 is 0.962. The van der Waals surface area contributed by atoms with Crippen LogP contribution in [0.3, 0.4) is 0 Å². The van der Waals surface area contributed by atoms with Crippen molar-refractivity contribution in [2.24, 2.45) is 0 Å². The van der Waals surface area contributed by atoms with Crippen LogP contribution in [-0.4, -0.2) is 29.8 Å². The van der Waals surface area contributed by atoms with Gasteiger partial charge in [0, 0.05) is 0 Å². The van der Waals surface area contributed by atoms with E-state index in [2.05, 4.69) is 6.92 Å². The Morgan fingerprint density at radius 3 is 2.62 bits per heavy atom. The number of imide groups is 1. The first-order chi connectivity index (χ1) is 15.6. The number of methoxy groups -OCH3 is 1. The fourth-order valence-electron chi connectivity index (χ4n) is 3.61. The van der Waals surface area contributed by atoms with Crippen molar-refractivity contribution in [2.75, 3.05) is 13.7 Å². The summed E-state index contributed by atoms with van der Waals surface area (Å²) in [5.74, 6) is 0.988. The highest BCUT2D eigenvalue weighted by atomic mass is 32.2. The van der Waals surface area contributed by atoms with Crippen LogP contribution in [0, 0.1) is 0 Å². The van der Waals surface area contributed by atoms with E-state index in [4.69, 9.17) is 9.47 Å². The van der Waals surface area contributed by atoms with Gasteiger partial charge in [0.1, 0.15) is 0 Å². The fourth-order valence-corrected chi connectivity index (χ4v) is 4.45. The van der Waals surface area contributed by atoms with Crippen molar-refractivity contribution >= 4 is 39.8 Å². The highest BCUT2D eigenvalue weighted by Crippen LogP contribution is 2.36. The molecule has 1 saturated heterocycles. The number of unbranched alkanes of at least 4 members (excludes halogenated alkanes) is 1. The largest absolute Gasteiger partial charge is 0.493 e. The zero-order valence-corrected chi connectivity index (χ0v) is 19.0. The lowest BCUT2D eigenvalue weighted by Crippen LogP contribution is -2.27. The summed E-state index contributed by atoms with van der Waals surface area (Å²) in [5, 5.41) is 1.86. The number of rotatable bonds is 8. The number of hydrogen-bond acceptors (Lipinski definition) is 5. The molecular weight excluding hydrogens is 422 g/mol. The number of nitrogens with zero attached hydrogens (tertiary/aromatic N) is 1. The summed E-state index contributed by atoms with van der Waals surface area (Å²) in [6, 6.07) is 19.4. The zero-order chi connectivity index (χ0) is 22.5. The molecule has 0 spiro atoms. The van der Waals surface area contributed by atoms with Gasteiger partial charge in [0.15, 0.2) is 11.5 Å². The molecule has 0 N–H and O–H groups in total. The molecule has 2 amide bonds. The molecule has 1 aliphatic rings. The van der Waals surface area contributed by atoms with Crippen LogP contribution < -0.4 is 9.47 Å². The molecule has 0 bridgehead atoms. The lowest BCUT2D eigenvalue weighted by atomic mass is 10.0. The van der Waals surface area contributed by atoms with Gasteiger partial charge in [0.05, 0.1) is 25.2 Å². The van der Waals surface area contributed by atoms with E-state index in [9.17, 15) is 9.59 Å². The second-order valence-corrected chi connectivity index (χ2v) is 8.51. The van der Waals surface area contributed by atoms with Gasteiger partial charge in [-0.15, -0.1) is 0 Å². The Kier molecular flexibility index (Phi) is 6.81. The minimum Gasteiger partial charge on any atom is -0.493 e. The Labute approximate surface area is 192 Å². The molecule has 1 fully saturated rings. The molecule has 32 heavy (non-hydrogen) atoms. The topological polar surface area (TPSA) is 55.8 Å². The summed E-state index contributed by atoms with van der Waals surface area (Å²) in [5.41, 5.74) is 1.72. The van der Waals surface area contributed by atoms with Crippen molar-refractivity contribution in [1.29, 1.82) is 0 Å². The van der Waals surface area contributed by atoms with E-state index in [1.165, 1.54) is 4.90 Å². The molecule has 5 nitrogen and oxygen atoms in total. The summed E-state index contributed by atoms with van der Waals surface area (Å²) < 4.78 is 11.2. The molecule has 4 rings (SSSR count). The summed E-state index contributed by atoms with van der Waals surface area (Å²) in [6.45, 7) is 2.98. The molecule has 1 aliphatic heterocycles. The minimum atomic E-state index is -0.282. The Balaban J connectivity index is 1.54. The van der Waals surface area contributed by atoms with E-state index >= 15 is 0 Å². The molecule has 3 aromatic carbocycles. The molecular formula is C26H25NO4S. The van der Waals surface area contributed by atoms with Gasteiger partial charge in [-0.25, -0.2) is 0 Å². The standard InChI is InChI=1S/C26H25NO4S/c1-3-4-14-31-22-13-12-18(15-23(22)30-2)16-24-25(28)27(26(29)32-24)17-20-10-7-9-19-8-5-6-11-21(19)20/h5-13,15-16H,3-4,14,17H2,1-2H3/b24-16-. The maximum Gasteiger partial charge on any atom is 0.293 e. The molecule has 0 radical (unpaired) electrons. The Hall–Kier alpha value is -3.25. The van der Waals surface area contributed by atoms with Crippen molar-refractivity contribution in [1.82, 2.24) is 4.90 Å². The smallest absolute Gasteiger partial charge is 0.293 e. The Morgan fingerprint density at radius 2 is 1.81 bits per heavy atom. The zero-order valence-electron chi connectivity index (χ0n) is 18.2. The predicted molar refractivity (Wildman–Crippen MR) is 129 cm³/mol. The number of fused-ring (bicyclic) bond motifs is 1. The minimum absolute atomic E-state index is 0.247. The SMILES string of the molecule is CCCCOc1ccc(/C=C2\SC(=O)N(Cc3cccc4ccccc34)C2=O)cc1OC. The number of carbonyl (C=O) groups excluding carboxylic acids is 2. The van der Waals surface area contributed by atoms with E-state index in [-0.39, 0.29) is 17.7 Å². The van der Waals surface area contributed by atoms with Crippen LogP contribution in [0.15, 0.2) is 65.6 Å². The number of benzene rings is 3. The third kappa shape index (κ3) is 4.65. The van der Waals surface area contributed by atoms with Crippen LogP contribution in [-0.2, 0) is 11.3 Å². The van der Waals surface area contributed by atoms with Crippen molar-refractivity contribution < 1.29 is 19.1 Å². The Morgan fingerprint density at radius 1 is 1.00 bits per heavy atom. The van der Waals surface area contributed by atoms with Gasteiger partial charge in [0.2, 0.25) is 0 Å². The highest BCUT2D eigenvalue weighted by Gasteiger charge is 2.35. The first-order valence-electron chi connectivity index (χ1n) is 10.6. The molecule has 164 valence electrons. The third-order valence-electron chi connectivity index (χ3n) is 5.32. The molecule has 1 heterocycles. The first kappa shape index (κ1) is 22.0. The summed E-state index contributed by atoms with van der Waals surface area (Å²) in [7, 11) is 1.59. The maximum absolute atomic E-state index is 13.0. The van der Waals surface area contributed by atoms with Crippen LogP contribution in [0.25, 0.3) is 16.8 Å². The van der Waals surface area contributed by atoms with Crippen LogP contribution >= 0.6 is 11.8 Å². The number of amides is 2. The first-order valence-corrected chi connectivity index (χ1v) is 11.4. The van der Waals surface area contributed by atoms with Gasteiger partial charge in [0.25, 0.3) is 11.1 Å². The highest BCUT2D eigenvalue weighted by molar-refractivity contribution is 8.18. The normalized spacial score (nSPS) is 15.1. The Bertz CT molecular complexity index is 1180. The quantitative estimate of drug-likeness (QED) is 0.301. The number of ether oxygens (including phenoxy) is 2. The molecule has 0 unspecified atom stereocenters. The van der Waals surface area contributed by atoms with Crippen LogP contribution in [0.1, 0.15) is 30.9 Å². The molecule has 3 aromatic rings. The van der Waals surface area contributed by atoms with Crippen molar-refractivity contribution in [3.63, 3.8) is 0 Å². The van der Waals surface area contributed by atoms with Crippen LogP contribution in [0.5, 0.6) is 11.5 Å². The maximum atomic E-state index is 13.0. The average molecular weight is 448 g/mol. The van der Waals surface area contributed by atoms with Gasteiger partial charge >= 0.3 is 0 Å². The van der Waals surface area contributed by atoms with E-state index in [1.807, 2.05) is 60.7 Å². The molecule has 0 saturated carbocycles. The number of hydrogen-bond donors (Lipinski definition) is 0. The van der Waals surface area contributed by atoms with Gasteiger partial charge in [-0.2, -0.15) is 0 Å². The molecule has 6 heteroatoms. The second kappa shape index (κ2) is 9.92. The summed E-state index contributed by atoms with van der Waals surface area (Å²) in [6.07, 6.45) is 3.75. The van der Waals surface area contributed by atoms with E-state index in [0.717, 1.165) is 46.5 Å². The van der Waals surface area contributed by atoms with Crippen LogP contribution in [0.2, 0.25) is 0 Å². The lowest BCUT2D eigenvalue weighted by Gasteiger charge is -2.14. The third-order valence-corrected chi connectivity index (χ3v) is 6.23. The lowest BCUT2D eigenvalue weighted by molar-refractivity contribution is -0.123.